The molecule has 0 aliphatic rings. The number of ether oxygens (including phenoxy) is 1. The number of nitrogens with one attached hydrogen (secondary N) is 1. The van der Waals surface area contributed by atoms with Crippen molar-refractivity contribution in [3.63, 3.8) is 0 Å². The first-order valence-electron chi connectivity index (χ1n) is 6.25. The second-order valence-electron chi connectivity index (χ2n) is 4.54. The first kappa shape index (κ1) is 13.3. The fraction of sp³-hybridized carbons (Fsp3) is 0.0625. The second kappa shape index (κ2) is 5.01. The average Bonchev–Trinajstić information content (AvgIpc) is 2.93. The molecule has 0 saturated carbocycles. The van der Waals surface area contributed by atoms with E-state index < -0.39 is 17.4 Å². The number of fused-ring (bicyclic) bond motifs is 1. The molecule has 0 saturated heterocycles. The van der Waals surface area contributed by atoms with Crippen LogP contribution in [0.5, 0.6) is 5.75 Å². The van der Waals surface area contributed by atoms with E-state index in [2.05, 4.69) is 4.98 Å². The molecule has 106 valence electrons. The Morgan fingerprint density at radius 1 is 1.14 bits per heavy atom. The van der Waals surface area contributed by atoms with Gasteiger partial charge in [-0.25, -0.2) is 8.78 Å². The number of halogens is 2. The number of benzene rings is 2. The lowest BCUT2D eigenvalue weighted by molar-refractivity contribution is 0.103. The smallest absolute Gasteiger partial charge is 0.195 e. The predicted octanol–water partition coefficient (Wildman–Crippen LogP) is 3.69. The Morgan fingerprint density at radius 2 is 1.95 bits per heavy atom. The van der Waals surface area contributed by atoms with Crippen molar-refractivity contribution in [2.75, 3.05) is 7.11 Å². The van der Waals surface area contributed by atoms with Gasteiger partial charge in [0.25, 0.3) is 0 Å². The van der Waals surface area contributed by atoms with Gasteiger partial charge in [0.05, 0.1) is 18.1 Å². The van der Waals surface area contributed by atoms with Crippen LogP contribution in [-0.4, -0.2) is 17.9 Å². The zero-order chi connectivity index (χ0) is 15.0. The molecule has 1 aromatic heterocycles. The first-order valence-corrected chi connectivity index (χ1v) is 6.25. The van der Waals surface area contributed by atoms with Gasteiger partial charge in [-0.2, -0.15) is 0 Å². The molecule has 1 heterocycles. The van der Waals surface area contributed by atoms with E-state index in [9.17, 15) is 13.6 Å². The molecule has 0 unspecified atom stereocenters. The maximum absolute atomic E-state index is 13.3. The van der Waals surface area contributed by atoms with Crippen LogP contribution in [0, 0.1) is 11.6 Å². The fourth-order valence-electron chi connectivity index (χ4n) is 2.29. The van der Waals surface area contributed by atoms with Crippen molar-refractivity contribution in [2.24, 2.45) is 0 Å². The third-order valence-corrected chi connectivity index (χ3v) is 3.31. The van der Waals surface area contributed by atoms with Crippen LogP contribution in [0.15, 0.2) is 42.6 Å². The summed E-state index contributed by atoms with van der Waals surface area (Å²) in [7, 11) is 1.51. The molecule has 5 heteroatoms. The van der Waals surface area contributed by atoms with E-state index in [0.29, 0.717) is 16.7 Å². The van der Waals surface area contributed by atoms with Crippen LogP contribution < -0.4 is 4.74 Å². The Kier molecular flexibility index (Phi) is 3.17. The Balaban J connectivity index is 2.15. The highest BCUT2D eigenvalue weighted by Crippen LogP contribution is 2.30. The standard InChI is InChI=1S/C16H11F2NO2/c1-21-14-4-2-3-13-15(14)10(8-19-13)16(20)9-5-6-11(17)12(18)7-9/h2-8,19H,1H3. The molecule has 3 aromatic rings. The highest BCUT2D eigenvalue weighted by molar-refractivity contribution is 6.17. The van der Waals surface area contributed by atoms with Gasteiger partial charge in [0.1, 0.15) is 5.75 Å². The second-order valence-corrected chi connectivity index (χ2v) is 4.54. The molecule has 1 N–H and O–H groups in total. The highest BCUT2D eigenvalue weighted by atomic mass is 19.2. The third kappa shape index (κ3) is 2.16. The monoisotopic (exact) mass is 287 g/mol. The summed E-state index contributed by atoms with van der Waals surface area (Å²) in [5, 5.41) is 0.620. The number of carbonyl (C=O) groups excluding carboxylic acids is 1. The molecule has 0 aliphatic heterocycles. The largest absolute Gasteiger partial charge is 0.496 e. The van der Waals surface area contributed by atoms with Gasteiger partial charge in [0.2, 0.25) is 0 Å². The van der Waals surface area contributed by atoms with Crippen LogP contribution in [0.2, 0.25) is 0 Å². The lowest BCUT2D eigenvalue weighted by Gasteiger charge is -2.05. The van der Waals surface area contributed by atoms with Gasteiger partial charge in [-0.15, -0.1) is 0 Å². The number of hydrogen-bond donors (Lipinski definition) is 1. The van der Waals surface area contributed by atoms with Crippen molar-refractivity contribution in [2.45, 2.75) is 0 Å². The molecular formula is C16H11F2NO2. The summed E-state index contributed by atoms with van der Waals surface area (Å²) in [5.74, 6) is -1.89. The van der Waals surface area contributed by atoms with Gasteiger partial charge in [0.15, 0.2) is 17.4 Å². The van der Waals surface area contributed by atoms with Crippen LogP contribution in [0.4, 0.5) is 8.78 Å². The molecule has 3 nitrogen and oxygen atoms in total. The van der Waals surface area contributed by atoms with Crippen LogP contribution >= 0.6 is 0 Å². The number of rotatable bonds is 3. The normalized spacial score (nSPS) is 10.8. The molecular weight excluding hydrogens is 276 g/mol. The van der Waals surface area contributed by atoms with Gasteiger partial charge < -0.3 is 9.72 Å². The maximum Gasteiger partial charge on any atom is 0.195 e. The molecule has 0 spiro atoms. The van der Waals surface area contributed by atoms with E-state index in [1.807, 2.05) is 0 Å². The van der Waals surface area contributed by atoms with Crippen molar-refractivity contribution in [1.29, 1.82) is 0 Å². The Bertz CT molecular complexity index is 839. The molecule has 0 atom stereocenters. The molecule has 0 amide bonds. The minimum Gasteiger partial charge on any atom is -0.496 e. The van der Waals surface area contributed by atoms with Crippen LogP contribution in [0.25, 0.3) is 10.9 Å². The fourth-order valence-corrected chi connectivity index (χ4v) is 2.29. The topological polar surface area (TPSA) is 42.1 Å². The van der Waals surface area contributed by atoms with E-state index >= 15 is 0 Å². The molecule has 0 bridgehead atoms. The average molecular weight is 287 g/mol. The quantitative estimate of drug-likeness (QED) is 0.746. The molecule has 3 rings (SSSR count). The maximum atomic E-state index is 13.3. The SMILES string of the molecule is COc1cccc2[nH]cc(C(=O)c3ccc(F)c(F)c3)c12. The van der Waals surface area contributed by atoms with Crippen LogP contribution in [-0.2, 0) is 0 Å². The van der Waals surface area contributed by atoms with Gasteiger partial charge in [0, 0.05) is 17.3 Å². The van der Waals surface area contributed by atoms with Crippen molar-refractivity contribution in [3.8, 4) is 5.75 Å². The van der Waals surface area contributed by atoms with Crippen LogP contribution in [0.1, 0.15) is 15.9 Å². The van der Waals surface area contributed by atoms with E-state index in [-0.39, 0.29) is 5.56 Å². The first-order chi connectivity index (χ1) is 10.1. The van der Waals surface area contributed by atoms with E-state index in [4.69, 9.17) is 4.74 Å². The molecule has 0 fully saturated rings. The summed E-state index contributed by atoms with van der Waals surface area (Å²) in [6.07, 6.45) is 1.54. The number of hydrogen-bond acceptors (Lipinski definition) is 2. The van der Waals surface area contributed by atoms with E-state index in [0.717, 1.165) is 17.6 Å². The number of ketones is 1. The molecule has 0 aliphatic carbocycles. The summed E-state index contributed by atoms with van der Waals surface area (Å²) in [6, 6.07) is 8.43. The Labute approximate surface area is 119 Å². The minimum absolute atomic E-state index is 0.0840. The predicted molar refractivity (Wildman–Crippen MR) is 74.6 cm³/mol. The van der Waals surface area contributed by atoms with Crippen molar-refractivity contribution < 1.29 is 18.3 Å². The zero-order valence-electron chi connectivity index (χ0n) is 11.1. The third-order valence-electron chi connectivity index (χ3n) is 3.31. The van der Waals surface area contributed by atoms with Crippen LogP contribution in [0.3, 0.4) is 0 Å². The Hall–Kier alpha value is -2.69. The van der Waals surface area contributed by atoms with Crippen molar-refractivity contribution in [3.05, 3.63) is 65.4 Å². The zero-order valence-corrected chi connectivity index (χ0v) is 11.1. The highest BCUT2D eigenvalue weighted by Gasteiger charge is 2.18. The lowest BCUT2D eigenvalue weighted by Crippen LogP contribution is -2.02. The van der Waals surface area contributed by atoms with Gasteiger partial charge in [-0.3, -0.25) is 4.79 Å². The van der Waals surface area contributed by atoms with Crippen molar-refractivity contribution >= 4 is 16.7 Å². The number of aromatic amines is 1. The summed E-state index contributed by atoms with van der Waals surface area (Å²) in [6.45, 7) is 0. The summed E-state index contributed by atoms with van der Waals surface area (Å²) in [4.78, 5) is 15.5. The Morgan fingerprint density at radius 3 is 2.67 bits per heavy atom. The summed E-state index contributed by atoms with van der Waals surface area (Å²) in [5.41, 5.74) is 1.18. The summed E-state index contributed by atoms with van der Waals surface area (Å²) >= 11 is 0. The molecule has 2 aromatic carbocycles. The number of carbonyl (C=O) groups is 1. The van der Waals surface area contributed by atoms with Crippen molar-refractivity contribution in [1.82, 2.24) is 4.98 Å². The number of aromatic nitrogens is 1. The summed E-state index contributed by atoms with van der Waals surface area (Å²) < 4.78 is 31.5. The lowest BCUT2D eigenvalue weighted by atomic mass is 10.0. The van der Waals surface area contributed by atoms with Gasteiger partial charge in [-0.1, -0.05) is 6.07 Å². The van der Waals surface area contributed by atoms with E-state index in [1.165, 1.54) is 19.4 Å². The molecule has 21 heavy (non-hydrogen) atoms. The minimum atomic E-state index is -1.05. The van der Waals surface area contributed by atoms with Gasteiger partial charge in [-0.05, 0) is 30.3 Å². The number of methoxy groups -OCH3 is 1. The van der Waals surface area contributed by atoms with E-state index in [1.54, 1.807) is 18.2 Å². The number of H-pyrrole nitrogens is 1. The van der Waals surface area contributed by atoms with Gasteiger partial charge >= 0.3 is 0 Å². The molecule has 0 radical (unpaired) electrons.